The molecule has 0 aliphatic heterocycles. The lowest BCUT2D eigenvalue weighted by atomic mass is 10.1. The molecule has 1 aromatic rings. The second-order valence-corrected chi connectivity index (χ2v) is 2.58. The lowest BCUT2D eigenvalue weighted by molar-refractivity contribution is -0.139. The molecule has 0 aliphatic carbocycles. The average Bonchev–Trinajstić information content (AvgIpc) is 2.15. The van der Waals surface area contributed by atoms with Gasteiger partial charge in [-0.3, -0.25) is 0 Å². The monoisotopic (exact) mass is 224 g/mol. The van der Waals surface area contributed by atoms with Crippen molar-refractivity contribution in [2.24, 2.45) is 0 Å². The molecule has 0 saturated heterocycles. The number of hydrogen-bond donors (Lipinski definition) is 2. The van der Waals surface area contributed by atoms with Crippen LogP contribution in [0, 0.1) is 0 Å². The molecule has 0 heterocycles. The van der Waals surface area contributed by atoms with Crippen molar-refractivity contribution in [2.75, 3.05) is 0 Å². The van der Waals surface area contributed by atoms with Gasteiger partial charge in [0.15, 0.2) is 0 Å². The van der Waals surface area contributed by atoms with E-state index in [1.54, 1.807) is 30.3 Å². The Morgan fingerprint density at radius 1 is 1.00 bits per heavy atom. The van der Waals surface area contributed by atoms with Crippen LogP contribution >= 0.6 is 0 Å². The van der Waals surface area contributed by atoms with Crippen molar-refractivity contribution >= 4 is 29.0 Å². The summed E-state index contributed by atoms with van der Waals surface area (Å²) in [6.45, 7) is 0. The fraction of sp³-hybridized carbons (Fsp3) is 0. The highest BCUT2D eigenvalue weighted by Crippen LogP contribution is 2.06. The van der Waals surface area contributed by atoms with E-state index in [1.165, 1.54) is 0 Å². The van der Waals surface area contributed by atoms with Gasteiger partial charge in [0.05, 0.1) is 0 Å². The second kappa shape index (κ2) is 5.76. The van der Waals surface area contributed by atoms with E-state index in [0.717, 1.165) is 6.08 Å². The van der Waals surface area contributed by atoms with Crippen LogP contribution < -0.4 is 0 Å². The first-order valence-electron chi connectivity index (χ1n) is 3.84. The van der Waals surface area contributed by atoms with Crippen LogP contribution in [-0.2, 0) is 9.59 Å². The van der Waals surface area contributed by atoms with E-state index in [2.05, 4.69) is 0 Å². The first kappa shape index (κ1) is 13.1. The number of carbonyl (C=O) groups is 2. The number of hydrogen-bond acceptors (Lipinski definition) is 2. The third kappa shape index (κ3) is 3.78. The first-order chi connectivity index (χ1) is 6.61. The van der Waals surface area contributed by atoms with E-state index < -0.39 is 17.5 Å². The molecule has 0 atom stereocenters. The van der Waals surface area contributed by atoms with Gasteiger partial charge in [-0.2, -0.15) is 0 Å². The number of rotatable bonds is 3. The maximum atomic E-state index is 10.5. The first-order valence-corrected chi connectivity index (χ1v) is 3.84. The summed E-state index contributed by atoms with van der Waals surface area (Å²) in [6, 6.07) is 8.43. The predicted molar refractivity (Wildman–Crippen MR) is 61.0 cm³/mol. The fourth-order valence-corrected chi connectivity index (χ4v) is 0.931. The summed E-state index contributed by atoms with van der Waals surface area (Å²) in [5, 5.41) is 17.1. The number of benzene rings is 1. The summed E-state index contributed by atoms with van der Waals surface area (Å²) >= 11 is 0. The maximum Gasteiger partial charge on any atom is 0.343 e. The molecule has 0 saturated carbocycles. The Morgan fingerprint density at radius 2 is 1.47 bits per heavy atom. The lowest BCUT2D eigenvalue weighted by Gasteiger charge is -1.95. The summed E-state index contributed by atoms with van der Waals surface area (Å²) in [6.07, 6.45) is 1.12. The van der Waals surface area contributed by atoms with Crippen LogP contribution in [0.25, 0.3) is 6.08 Å². The summed E-state index contributed by atoms with van der Waals surface area (Å²) in [5.41, 5.74) is -0.0940. The maximum absolute atomic E-state index is 10.5. The molecule has 4 nitrogen and oxygen atoms in total. The Kier molecular flexibility index (Phi) is 5.04. The van der Waals surface area contributed by atoms with Gasteiger partial charge in [0.25, 0.3) is 0 Å². The summed E-state index contributed by atoms with van der Waals surface area (Å²) < 4.78 is 0. The van der Waals surface area contributed by atoms with Crippen molar-refractivity contribution in [1.29, 1.82) is 0 Å². The van der Waals surface area contributed by atoms with Gasteiger partial charge in [-0.25, -0.2) is 9.59 Å². The van der Waals surface area contributed by atoms with Crippen molar-refractivity contribution in [2.45, 2.75) is 0 Å². The molecule has 0 spiro atoms. The smallest absolute Gasteiger partial charge is 0.343 e. The number of carboxylic acids is 2. The molecule has 0 aliphatic rings. The average molecular weight is 224 g/mol. The van der Waals surface area contributed by atoms with E-state index in [9.17, 15) is 9.59 Å². The highest BCUT2D eigenvalue weighted by Gasteiger charge is 2.15. The van der Waals surface area contributed by atoms with E-state index in [1.807, 2.05) is 0 Å². The summed E-state index contributed by atoms with van der Waals surface area (Å²) in [7, 11) is 0. The minimum atomic E-state index is -1.44. The predicted octanol–water partition coefficient (Wildman–Crippen LogP) is -0.212. The van der Waals surface area contributed by atoms with Gasteiger partial charge >= 0.3 is 11.9 Å². The molecule has 80 valence electrons. The van der Waals surface area contributed by atoms with Crippen LogP contribution in [0.1, 0.15) is 5.56 Å². The minimum absolute atomic E-state index is 0. The molecule has 1 aromatic carbocycles. The SMILES string of the molecule is O=C(O)C(=Cc1ccccc1)C(=O)O.[SiH4]. The lowest BCUT2D eigenvalue weighted by Crippen LogP contribution is -2.10. The van der Waals surface area contributed by atoms with E-state index >= 15 is 0 Å². The van der Waals surface area contributed by atoms with Crippen molar-refractivity contribution in [3.05, 3.63) is 41.5 Å². The zero-order valence-electron chi connectivity index (χ0n) is 7.18. The molecule has 0 aromatic heterocycles. The van der Waals surface area contributed by atoms with E-state index in [-0.39, 0.29) is 11.0 Å². The van der Waals surface area contributed by atoms with Crippen molar-refractivity contribution < 1.29 is 19.8 Å². The molecule has 1 rings (SSSR count). The highest BCUT2D eigenvalue weighted by atomic mass is 28.1. The third-order valence-corrected chi connectivity index (χ3v) is 1.57. The van der Waals surface area contributed by atoms with Crippen LogP contribution in [0.3, 0.4) is 0 Å². The van der Waals surface area contributed by atoms with Crippen molar-refractivity contribution in [3.63, 3.8) is 0 Å². The topological polar surface area (TPSA) is 74.6 Å². The quantitative estimate of drug-likeness (QED) is 0.322. The molecule has 0 bridgehead atoms. The van der Waals surface area contributed by atoms with Gasteiger partial charge in [0, 0.05) is 0 Å². The molecular weight excluding hydrogens is 212 g/mol. The number of aliphatic carboxylic acids is 2. The van der Waals surface area contributed by atoms with Crippen LogP contribution in [0.5, 0.6) is 0 Å². The van der Waals surface area contributed by atoms with Crippen LogP contribution in [-0.4, -0.2) is 33.1 Å². The van der Waals surface area contributed by atoms with Gasteiger partial charge in [-0.05, 0) is 22.6 Å². The second-order valence-electron chi connectivity index (χ2n) is 2.58. The van der Waals surface area contributed by atoms with Gasteiger partial charge < -0.3 is 10.2 Å². The van der Waals surface area contributed by atoms with E-state index in [0.29, 0.717) is 5.56 Å². The standard InChI is InChI=1S/C10H8O4.H4Si/c11-9(12)8(10(13)14)6-7-4-2-1-3-5-7;/h1-6H,(H,11,12)(H,13,14);1H4. The van der Waals surface area contributed by atoms with Crippen molar-refractivity contribution in [3.8, 4) is 0 Å². The number of carboxylic acid groups (broad SMARTS) is 2. The molecule has 15 heavy (non-hydrogen) atoms. The van der Waals surface area contributed by atoms with Gasteiger partial charge in [-0.1, -0.05) is 30.3 Å². The molecule has 0 amide bonds. The molecule has 0 radical (unpaired) electrons. The zero-order valence-corrected chi connectivity index (χ0v) is 7.18. The van der Waals surface area contributed by atoms with Crippen molar-refractivity contribution in [1.82, 2.24) is 0 Å². The Hall–Kier alpha value is -1.88. The largest absolute Gasteiger partial charge is 0.477 e. The molecule has 5 heteroatoms. The van der Waals surface area contributed by atoms with Gasteiger partial charge in [0.1, 0.15) is 5.57 Å². The molecule has 0 unspecified atom stereocenters. The van der Waals surface area contributed by atoms with Gasteiger partial charge in [0.2, 0.25) is 0 Å². The zero-order chi connectivity index (χ0) is 10.6. The van der Waals surface area contributed by atoms with Crippen LogP contribution in [0.4, 0.5) is 0 Å². The summed E-state index contributed by atoms with van der Waals surface area (Å²) in [4.78, 5) is 21.0. The highest BCUT2D eigenvalue weighted by molar-refractivity contribution is 6.16. The third-order valence-electron chi connectivity index (χ3n) is 1.57. The fourth-order valence-electron chi connectivity index (χ4n) is 0.931. The Balaban J connectivity index is 0.00000196. The van der Waals surface area contributed by atoms with E-state index in [4.69, 9.17) is 10.2 Å². The Labute approximate surface area is 90.9 Å². The minimum Gasteiger partial charge on any atom is -0.477 e. The molecule has 2 N–H and O–H groups in total. The van der Waals surface area contributed by atoms with Crippen LogP contribution in [0.15, 0.2) is 35.9 Å². The normalized spacial score (nSPS) is 8.53. The Bertz CT molecular complexity index is 368. The molecular formula is C10H12O4Si. The van der Waals surface area contributed by atoms with Crippen LogP contribution in [0.2, 0.25) is 0 Å². The van der Waals surface area contributed by atoms with Gasteiger partial charge in [-0.15, -0.1) is 0 Å². The Morgan fingerprint density at radius 3 is 1.87 bits per heavy atom. The summed E-state index contributed by atoms with van der Waals surface area (Å²) in [5.74, 6) is -2.89. The molecule has 0 fully saturated rings.